The van der Waals surface area contributed by atoms with Crippen molar-refractivity contribution in [2.45, 2.75) is 104 Å². The van der Waals surface area contributed by atoms with Crippen LogP contribution in [0.25, 0.3) is 77.7 Å². The maximum Gasteiger partial charge on any atom is 0.251 e. The van der Waals surface area contributed by atoms with E-state index < -0.39 is 0 Å². The number of alkyl halides is 1. The summed E-state index contributed by atoms with van der Waals surface area (Å²) in [7, 11) is 0. The van der Waals surface area contributed by atoms with E-state index in [0.717, 1.165) is 179 Å². The molecule has 2 atom stereocenters. The molecule has 2 fully saturated rings. The average molecular weight is 1730 g/mol. The predicted octanol–water partition coefficient (Wildman–Crippen LogP) is 21.0. The Hall–Kier alpha value is -10.1. The van der Waals surface area contributed by atoms with Gasteiger partial charge in [0, 0.05) is 137 Å². The highest BCUT2D eigenvalue weighted by Gasteiger charge is 2.26. The maximum atomic E-state index is 13.8. The summed E-state index contributed by atoms with van der Waals surface area (Å²) >= 11 is 13.0. The largest absolute Gasteiger partial charge is 0.356 e. The van der Waals surface area contributed by atoms with Crippen molar-refractivity contribution in [3.05, 3.63) is 332 Å². The van der Waals surface area contributed by atoms with Crippen LogP contribution in [0.15, 0.2) is 252 Å². The van der Waals surface area contributed by atoms with Crippen molar-refractivity contribution >= 4 is 91.2 Å². The SMILES string of the molecule is C.Cc1cc(-c2nn(C3CCCCO3)c3ccc(-c4cc[nH]c(=O)c4)cc23)ccn1.Cc1cc(-c2nn(C3CCCCO3)c3ccc(-c4ccn(Cc5cc(F)cc(Br)c5)c(=O)c4)cc23)ccn1.Cc1cc(C2=NCc3ccc(-c4ccn(Cc5cc(F)cc(Br)c5)c(=O)c4)cc32)ccn1.Fc1cc(Br)cc(CBr)c1. The van der Waals surface area contributed by atoms with Gasteiger partial charge in [0.05, 0.1) is 36.4 Å². The zero-order chi connectivity index (χ0) is 75.8. The molecule has 8 aromatic heterocycles. The van der Waals surface area contributed by atoms with Crippen LogP contribution in [-0.4, -0.2) is 67.6 Å². The van der Waals surface area contributed by atoms with Crippen LogP contribution in [0.2, 0.25) is 0 Å². The number of hydrogen-bond donors (Lipinski definition) is 1. The number of nitrogens with zero attached hydrogens (tertiary/aromatic N) is 10. The van der Waals surface area contributed by atoms with Crippen LogP contribution in [0.1, 0.15) is 109 Å². The third-order valence-electron chi connectivity index (χ3n) is 18.9. The van der Waals surface area contributed by atoms with Gasteiger partial charge in [0.15, 0.2) is 12.5 Å². The minimum Gasteiger partial charge on any atom is -0.356 e. The molecule has 3 aliphatic heterocycles. The summed E-state index contributed by atoms with van der Waals surface area (Å²) in [5.74, 6) is -0.880. The fourth-order valence-corrected chi connectivity index (χ4v) is 15.6. The molecule has 14 aromatic rings. The quantitative estimate of drug-likeness (QED) is 0.109. The van der Waals surface area contributed by atoms with E-state index in [1.165, 1.54) is 42.0 Å². The Morgan fingerprint density at radius 3 is 1.35 bits per heavy atom. The van der Waals surface area contributed by atoms with E-state index in [2.05, 4.69) is 120 Å². The molecule has 0 amide bonds. The first-order chi connectivity index (χ1) is 52.8. The average Bonchev–Trinajstić information content (AvgIpc) is 1.50. The molecular weight excluding hydrogens is 1660 g/mol. The van der Waals surface area contributed by atoms with Gasteiger partial charge in [-0.3, -0.25) is 34.3 Å². The van der Waals surface area contributed by atoms with Crippen LogP contribution in [0, 0.1) is 38.2 Å². The van der Waals surface area contributed by atoms with Gasteiger partial charge in [-0.2, -0.15) is 10.2 Å². The van der Waals surface area contributed by atoms with Gasteiger partial charge in [-0.25, -0.2) is 22.5 Å². The van der Waals surface area contributed by atoms with Gasteiger partial charge >= 0.3 is 0 Å². The number of hydrogen-bond acceptors (Lipinski definition) is 11. The Balaban J connectivity index is 0.000000136. The molecule has 0 aliphatic carbocycles. The third kappa shape index (κ3) is 18.7. The van der Waals surface area contributed by atoms with Gasteiger partial charge in [-0.05, 0) is 254 Å². The molecule has 558 valence electrons. The van der Waals surface area contributed by atoms with Crippen molar-refractivity contribution in [1.29, 1.82) is 0 Å². The lowest BCUT2D eigenvalue weighted by atomic mass is 9.96. The fourth-order valence-electron chi connectivity index (χ4n) is 13.8. The van der Waals surface area contributed by atoms with Crippen molar-refractivity contribution in [3.8, 4) is 55.9 Å². The minimum absolute atomic E-state index is 0. The number of aliphatic imine (C=N–C) groups is 1. The molecule has 0 bridgehead atoms. The Kier molecular flexibility index (Phi) is 25.0. The van der Waals surface area contributed by atoms with Crippen LogP contribution in [0.5, 0.6) is 0 Å². The molecule has 16 nitrogen and oxygen atoms in total. The highest BCUT2D eigenvalue weighted by atomic mass is 79.9. The zero-order valence-corrected chi connectivity index (χ0v) is 65.9. The van der Waals surface area contributed by atoms with Crippen LogP contribution in [0.3, 0.4) is 0 Å². The smallest absolute Gasteiger partial charge is 0.251 e. The van der Waals surface area contributed by atoms with Crippen LogP contribution >= 0.6 is 63.7 Å². The number of rotatable bonds is 13. The number of aromatic nitrogens is 10. The number of aromatic amines is 1. The Morgan fingerprint density at radius 1 is 0.464 bits per heavy atom. The Bertz CT molecular complexity index is 5890. The second-order valence-electron chi connectivity index (χ2n) is 27.0. The van der Waals surface area contributed by atoms with Gasteiger partial charge in [0.25, 0.3) is 11.1 Å². The number of pyridine rings is 6. The molecular formula is C87H76Br4F3N11O5. The molecule has 2 saturated heterocycles. The van der Waals surface area contributed by atoms with E-state index >= 15 is 0 Å². The first-order valence-corrected chi connectivity index (χ1v) is 39.1. The van der Waals surface area contributed by atoms with Crippen molar-refractivity contribution < 1.29 is 22.6 Å². The van der Waals surface area contributed by atoms with Crippen LogP contribution < -0.4 is 16.7 Å². The minimum atomic E-state index is -0.341. The predicted molar refractivity (Wildman–Crippen MR) is 443 cm³/mol. The molecule has 0 spiro atoms. The summed E-state index contributed by atoms with van der Waals surface area (Å²) in [4.78, 5) is 57.9. The third-order valence-corrected chi connectivity index (χ3v) is 21.0. The summed E-state index contributed by atoms with van der Waals surface area (Å²) in [6.07, 6.45) is 16.7. The van der Waals surface area contributed by atoms with Crippen molar-refractivity contribution in [2.24, 2.45) is 4.99 Å². The number of H-pyrrole nitrogens is 1. The number of ether oxygens (including phenoxy) is 2. The highest BCUT2D eigenvalue weighted by Crippen LogP contribution is 2.39. The molecule has 2 unspecified atom stereocenters. The van der Waals surface area contributed by atoms with Crippen molar-refractivity contribution in [1.82, 2.24) is 48.6 Å². The van der Waals surface area contributed by atoms with Crippen LogP contribution in [-0.2, 0) is 34.4 Å². The summed E-state index contributed by atoms with van der Waals surface area (Å²) in [6, 6.07) is 55.4. The van der Waals surface area contributed by atoms with Crippen molar-refractivity contribution in [3.63, 3.8) is 0 Å². The van der Waals surface area contributed by atoms with E-state index in [1.807, 2.05) is 127 Å². The topological polar surface area (TPSA) is 182 Å². The van der Waals surface area contributed by atoms with E-state index in [0.29, 0.717) is 32.9 Å². The molecule has 3 aliphatic rings. The molecule has 17 rings (SSSR count). The number of fused-ring (bicyclic) bond motifs is 3. The molecule has 23 heteroatoms. The summed E-state index contributed by atoms with van der Waals surface area (Å²) < 4.78 is 61.4. The summed E-state index contributed by atoms with van der Waals surface area (Å²) in [5.41, 5.74) is 20.3. The number of aryl methyl sites for hydroxylation is 3. The molecule has 11 heterocycles. The fraction of sp³-hybridized carbons (Fsp3) is 0.207. The standard InChI is InChI=1S/C30H26BrFN4O2.C26H19BrFN3O.C23H22N4O2.C7H5Br2F.CH4/c1-19-12-23(7-9-33-19)30-26-15-21(5-6-27(26)36(34-30)29-4-2-3-11-38-29)22-8-10-35(28(37)16-22)18-20-13-24(31)17-25(32)14-20;1-16-8-20(4-6-29-16)26-24-11-18(2-3-21(24)14-30-26)19-5-7-31(25(32)12-19)15-17-9-22(27)13-23(28)10-17;1-15-12-18(8-9-24-15)23-19-13-16(17-7-10-25-21(28)14-17)5-6-20(19)27(26-23)22-4-2-3-11-29-22;8-4-5-1-6(9)3-7(10)2-5;/h5-10,12-17,29H,2-4,11,18H2,1H3;2-13H,14-15H2,1H3;5-10,12-14,22H,2-4,11H2,1H3,(H,25,28);1-3H,4H2;1H4. The summed E-state index contributed by atoms with van der Waals surface area (Å²) in [5, 5.41) is 12.7. The molecule has 110 heavy (non-hydrogen) atoms. The summed E-state index contributed by atoms with van der Waals surface area (Å²) in [6.45, 7) is 8.65. The van der Waals surface area contributed by atoms with Gasteiger partial charge in [0.2, 0.25) is 5.56 Å². The number of benzene rings is 6. The number of halogens is 7. The van der Waals surface area contributed by atoms with E-state index in [4.69, 9.17) is 24.7 Å². The highest BCUT2D eigenvalue weighted by molar-refractivity contribution is 9.11. The molecule has 6 aromatic carbocycles. The van der Waals surface area contributed by atoms with E-state index in [-0.39, 0.29) is 60.6 Å². The molecule has 0 saturated carbocycles. The van der Waals surface area contributed by atoms with E-state index in [1.54, 1.807) is 58.3 Å². The molecule has 0 radical (unpaired) electrons. The van der Waals surface area contributed by atoms with E-state index in [9.17, 15) is 27.6 Å². The van der Waals surface area contributed by atoms with Gasteiger partial charge in [0.1, 0.15) is 28.8 Å². The first kappa shape index (κ1) is 78.0. The normalized spacial score (nSPS) is 14.4. The lowest BCUT2D eigenvalue weighted by molar-refractivity contribution is -0.0366. The Morgan fingerprint density at radius 2 is 0.900 bits per heavy atom. The molecule has 1 N–H and O–H groups in total. The lowest BCUT2D eigenvalue weighted by Gasteiger charge is -2.23. The number of nitrogens with one attached hydrogen (secondary N) is 1. The second-order valence-corrected chi connectivity index (χ2v) is 30.3. The lowest BCUT2D eigenvalue weighted by Crippen LogP contribution is -2.19. The van der Waals surface area contributed by atoms with Crippen molar-refractivity contribution in [2.75, 3.05) is 13.2 Å². The first-order valence-electron chi connectivity index (χ1n) is 35.6. The second kappa shape index (κ2) is 35.3. The van der Waals surface area contributed by atoms with Gasteiger partial charge < -0.3 is 23.6 Å². The Labute approximate surface area is 667 Å². The maximum absolute atomic E-state index is 13.8. The monoisotopic (exact) mass is 1730 g/mol. The zero-order valence-electron chi connectivity index (χ0n) is 59.6. The van der Waals surface area contributed by atoms with Gasteiger partial charge in [-0.15, -0.1) is 0 Å². The van der Waals surface area contributed by atoms with Gasteiger partial charge in [-0.1, -0.05) is 95.4 Å². The van der Waals surface area contributed by atoms with Crippen LogP contribution in [0.4, 0.5) is 13.2 Å².